The van der Waals surface area contributed by atoms with E-state index in [1.807, 2.05) is 0 Å². The van der Waals surface area contributed by atoms with Crippen molar-refractivity contribution in [2.75, 3.05) is 19.8 Å². The van der Waals surface area contributed by atoms with Crippen LogP contribution in [0.1, 0.15) is 245 Å². The van der Waals surface area contributed by atoms with E-state index in [0.717, 1.165) is 44.9 Å². The molecule has 0 aromatic carbocycles. The normalized spacial score (nSPS) is 14.6. The largest absolute Gasteiger partial charge is 0.472 e. The number of carbonyl (C=O) groups is 1. The van der Waals surface area contributed by atoms with Crippen molar-refractivity contribution < 1.29 is 33.5 Å². The zero-order valence-corrected chi connectivity index (χ0v) is 38.4. The van der Waals surface area contributed by atoms with Gasteiger partial charge in [0.05, 0.1) is 37.9 Å². The lowest BCUT2D eigenvalue weighted by Crippen LogP contribution is -2.47. The Morgan fingerprint density at radius 1 is 0.579 bits per heavy atom. The Hall–Kier alpha value is -0.800. The predicted octanol–water partition coefficient (Wildman–Crippen LogP) is 12.9. The zero-order chi connectivity index (χ0) is 41.9. The zero-order valence-electron chi connectivity index (χ0n) is 37.5. The number of allylic oxidation sites excluding steroid dienone is 2. The summed E-state index contributed by atoms with van der Waals surface area (Å²) in [6.07, 6.45) is 45.4. The van der Waals surface area contributed by atoms with E-state index in [4.69, 9.17) is 14.8 Å². The van der Waals surface area contributed by atoms with Crippen molar-refractivity contribution in [3.8, 4) is 0 Å². The number of hydrogen-bond donors (Lipinski definition) is 5. The van der Waals surface area contributed by atoms with Crippen LogP contribution in [0.3, 0.4) is 0 Å². The molecule has 4 unspecified atom stereocenters. The fourth-order valence-corrected chi connectivity index (χ4v) is 8.23. The van der Waals surface area contributed by atoms with Gasteiger partial charge in [0.2, 0.25) is 5.91 Å². The van der Waals surface area contributed by atoms with Crippen LogP contribution in [0.25, 0.3) is 0 Å². The molecule has 0 aliphatic carbocycles. The van der Waals surface area contributed by atoms with E-state index < -0.39 is 32.0 Å². The molecule has 0 aromatic heterocycles. The van der Waals surface area contributed by atoms with Gasteiger partial charge in [0.25, 0.3) is 0 Å². The van der Waals surface area contributed by atoms with Crippen LogP contribution in [0, 0.1) is 0 Å². The molecular formula is C47H95N2O7P. The average Bonchev–Trinajstić information content (AvgIpc) is 3.19. The number of phosphoric acid groups is 1. The summed E-state index contributed by atoms with van der Waals surface area (Å²) in [6.45, 7) is 4.07. The number of aliphatic hydroxyl groups is 2. The van der Waals surface area contributed by atoms with Crippen LogP contribution in [-0.2, 0) is 18.4 Å². The number of aliphatic hydroxyl groups excluding tert-OH is 2. The van der Waals surface area contributed by atoms with Crippen molar-refractivity contribution in [1.29, 1.82) is 0 Å². The molecule has 0 aliphatic heterocycles. The lowest BCUT2D eigenvalue weighted by atomic mass is 10.0. The minimum absolute atomic E-state index is 0.0602. The third-order valence-corrected chi connectivity index (χ3v) is 12.2. The van der Waals surface area contributed by atoms with Gasteiger partial charge in [0.1, 0.15) is 0 Å². The third-order valence-electron chi connectivity index (χ3n) is 11.2. The van der Waals surface area contributed by atoms with Crippen molar-refractivity contribution in [3.05, 3.63) is 12.2 Å². The minimum Gasteiger partial charge on any atom is -0.393 e. The number of carbonyl (C=O) groups excluding carboxylic acids is 1. The predicted molar refractivity (Wildman–Crippen MR) is 241 cm³/mol. The molecule has 4 atom stereocenters. The molecule has 10 heteroatoms. The van der Waals surface area contributed by atoms with E-state index in [9.17, 15) is 24.5 Å². The molecule has 0 bridgehead atoms. The Bertz CT molecular complexity index is 924. The maximum Gasteiger partial charge on any atom is 0.472 e. The fourth-order valence-electron chi connectivity index (χ4n) is 7.47. The summed E-state index contributed by atoms with van der Waals surface area (Å²) in [7, 11) is -4.38. The topological polar surface area (TPSA) is 151 Å². The molecule has 0 aliphatic rings. The van der Waals surface area contributed by atoms with E-state index in [1.54, 1.807) is 0 Å². The van der Waals surface area contributed by atoms with Gasteiger partial charge >= 0.3 is 7.82 Å². The number of nitrogens with two attached hydrogens (primary N) is 1. The van der Waals surface area contributed by atoms with Crippen LogP contribution in [0.2, 0.25) is 0 Å². The lowest BCUT2D eigenvalue weighted by molar-refractivity contribution is -0.125. The third kappa shape index (κ3) is 41.7. The Balaban J connectivity index is 4.18. The first kappa shape index (κ1) is 56.2. The molecule has 0 saturated heterocycles. The first-order valence-corrected chi connectivity index (χ1v) is 25.9. The summed E-state index contributed by atoms with van der Waals surface area (Å²) in [6, 6.07) is -0.896. The second kappa shape index (κ2) is 43.3. The summed E-state index contributed by atoms with van der Waals surface area (Å²) >= 11 is 0. The van der Waals surface area contributed by atoms with Crippen LogP contribution >= 0.6 is 7.82 Å². The summed E-state index contributed by atoms with van der Waals surface area (Å²) in [5.74, 6) is -0.414. The Morgan fingerprint density at radius 2 is 0.947 bits per heavy atom. The number of hydrogen-bond acceptors (Lipinski definition) is 7. The van der Waals surface area contributed by atoms with Gasteiger partial charge in [-0.2, -0.15) is 0 Å². The van der Waals surface area contributed by atoms with Crippen molar-refractivity contribution in [2.45, 2.75) is 263 Å². The molecule has 0 aromatic rings. The summed E-state index contributed by atoms with van der Waals surface area (Å²) in [4.78, 5) is 22.8. The second-order valence-corrected chi connectivity index (χ2v) is 18.3. The summed E-state index contributed by atoms with van der Waals surface area (Å²) in [5.41, 5.74) is 5.38. The van der Waals surface area contributed by atoms with Crippen LogP contribution in [0.15, 0.2) is 12.2 Å². The van der Waals surface area contributed by atoms with E-state index >= 15 is 0 Å². The van der Waals surface area contributed by atoms with Gasteiger partial charge in [-0.25, -0.2) is 4.57 Å². The minimum atomic E-state index is -4.38. The number of rotatable bonds is 46. The first-order chi connectivity index (χ1) is 27.8. The fraction of sp³-hybridized carbons (Fsp3) is 0.936. The molecule has 0 saturated carbocycles. The highest BCUT2D eigenvalue weighted by atomic mass is 31.2. The van der Waals surface area contributed by atoms with E-state index in [2.05, 4.69) is 31.3 Å². The van der Waals surface area contributed by atoms with Crippen molar-refractivity contribution in [1.82, 2.24) is 5.32 Å². The monoisotopic (exact) mass is 831 g/mol. The van der Waals surface area contributed by atoms with Gasteiger partial charge in [-0.3, -0.25) is 13.8 Å². The maximum atomic E-state index is 12.9. The average molecular weight is 831 g/mol. The summed E-state index contributed by atoms with van der Waals surface area (Å²) < 4.78 is 22.2. The highest BCUT2D eigenvalue weighted by Gasteiger charge is 2.28. The summed E-state index contributed by atoms with van der Waals surface area (Å²) in [5, 5.41) is 24.3. The molecule has 0 spiro atoms. The standard InChI is InChI=1S/C47H95N2O7P/c1-3-5-7-9-11-13-15-17-19-21-22-23-24-26-28-30-32-34-36-38-44(50)42-47(52)49-45(43-56-57(53,54)55-41-40-48)46(51)39-37-35-33-31-29-27-25-20-18-16-14-12-10-8-6-4-2/h23-24,44-46,50-51H,3-22,25-43,48H2,1-2H3,(H,49,52)(H,53,54)/b24-23-. The Labute approximate surface area is 352 Å². The quantitative estimate of drug-likeness (QED) is 0.0231. The number of amides is 1. The smallest absolute Gasteiger partial charge is 0.393 e. The van der Waals surface area contributed by atoms with E-state index in [-0.39, 0.29) is 26.2 Å². The Kier molecular flexibility index (Phi) is 42.7. The van der Waals surface area contributed by atoms with Crippen LogP contribution in [0.4, 0.5) is 0 Å². The van der Waals surface area contributed by atoms with Crippen molar-refractivity contribution in [3.63, 3.8) is 0 Å². The number of phosphoric ester groups is 1. The highest BCUT2D eigenvalue weighted by Crippen LogP contribution is 2.43. The van der Waals surface area contributed by atoms with Gasteiger partial charge < -0.3 is 26.2 Å². The second-order valence-electron chi connectivity index (χ2n) is 16.9. The molecule has 340 valence electrons. The van der Waals surface area contributed by atoms with Gasteiger partial charge in [0.15, 0.2) is 0 Å². The van der Waals surface area contributed by atoms with Gasteiger partial charge in [-0.1, -0.05) is 212 Å². The molecule has 1 amide bonds. The van der Waals surface area contributed by atoms with Crippen LogP contribution < -0.4 is 11.1 Å². The van der Waals surface area contributed by atoms with Gasteiger partial charge in [0, 0.05) is 6.54 Å². The van der Waals surface area contributed by atoms with E-state index in [1.165, 1.54) is 167 Å². The number of unbranched alkanes of at least 4 members (excludes halogenated alkanes) is 30. The SMILES string of the molecule is CCCCCCCCCCCC/C=C\CCCCCCCC(O)CC(=O)NC(COP(=O)(O)OCCN)C(O)CCCCCCCCCCCCCCCCCC. The molecule has 0 radical (unpaired) electrons. The van der Waals surface area contributed by atoms with Gasteiger partial charge in [-0.05, 0) is 38.5 Å². The van der Waals surface area contributed by atoms with Crippen LogP contribution in [-0.4, -0.2) is 59.0 Å². The van der Waals surface area contributed by atoms with Crippen molar-refractivity contribution >= 4 is 13.7 Å². The molecule has 0 heterocycles. The maximum absolute atomic E-state index is 12.9. The molecule has 57 heavy (non-hydrogen) atoms. The first-order valence-electron chi connectivity index (χ1n) is 24.4. The Morgan fingerprint density at radius 3 is 1.35 bits per heavy atom. The van der Waals surface area contributed by atoms with E-state index in [0.29, 0.717) is 12.8 Å². The van der Waals surface area contributed by atoms with Crippen LogP contribution in [0.5, 0.6) is 0 Å². The van der Waals surface area contributed by atoms with Crippen molar-refractivity contribution in [2.24, 2.45) is 5.73 Å². The molecule has 0 fully saturated rings. The van der Waals surface area contributed by atoms with Gasteiger partial charge in [-0.15, -0.1) is 0 Å². The molecular weight excluding hydrogens is 735 g/mol. The molecule has 0 rings (SSSR count). The lowest BCUT2D eigenvalue weighted by Gasteiger charge is -2.25. The highest BCUT2D eigenvalue weighted by molar-refractivity contribution is 7.47. The molecule has 9 nitrogen and oxygen atoms in total. The number of nitrogens with one attached hydrogen (secondary N) is 1. The molecule has 6 N–H and O–H groups in total.